The van der Waals surface area contributed by atoms with Crippen LogP contribution in [0.15, 0.2) is 83.3 Å². The molecule has 2 nitrogen and oxygen atoms in total. The van der Waals surface area contributed by atoms with Crippen molar-refractivity contribution >= 4 is 22.7 Å². The highest BCUT2D eigenvalue weighted by atomic mass is 32.1. The number of para-hydroxylation sites is 1. The second kappa shape index (κ2) is 7.08. The van der Waals surface area contributed by atoms with E-state index >= 15 is 0 Å². The third-order valence-electron chi connectivity index (χ3n) is 5.03. The maximum Gasteiger partial charge on any atom is 0.0838 e. The molecular weight excluding hydrogens is 336 g/mol. The molecular formula is C23H24N2S. The molecule has 0 amide bonds. The quantitative estimate of drug-likeness (QED) is 0.557. The van der Waals surface area contributed by atoms with Gasteiger partial charge in [-0.25, -0.2) is 0 Å². The third-order valence-corrected chi connectivity index (χ3v) is 5.91. The first kappa shape index (κ1) is 17.0. The second-order valence-electron chi connectivity index (χ2n) is 7.54. The van der Waals surface area contributed by atoms with Crippen LogP contribution in [0.3, 0.4) is 0 Å². The fraction of sp³-hybridized carbons (Fsp3) is 0.261. The van der Waals surface area contributed by atoms with Crippen LogP contribution >= 0.6 is 11.3 Å². The Morgan fingerprint density at radius 1 is 0.962 bits per heavy atom. The zero-order valence-corrected chi connectivity index (χ0v) is 16.1. The fourth-order valence-electron chi connectivity index (χ4n) is 3.79. The number of thiophene rings is 1. The predicted octanol–water partition coefficient (Wildman–Crippen LogP) is 6.00. The second-order valence-corrected chi connectivity index (χ2v) is 8.49. The normalized spacial score (nSPS) is 19.2. The molecule has 1 aliphatic rings. The van der Waals surface area contributed by atoms with Gasteiger partial charge in [0.05, 0.1) is 22.3 Å². The molecule has 1 aromatic heterocycles. The topological polar surface area (TPSA) is 15.6 Å². The van der Waals surface area contributed by atoms with Gasteiger partial charge in [0, 0.05) is 5.41 Å². The van der Waals surface area contributed by atoms with E-state index in [0.717, 1.165) is 18.5 Å². The van der Waals surface area contributed by atoms with E-state index in [1.54, 1.807) is 11.3 Å². The van der Waals surface area contributed by atoms with Crippen LogP contribution in [0.5, 0.6) is 0 Å². The van der Waals surface area contributed by atoms with Crippen LogP contribution in [-0.2, 0) is 6.42 Å². The molecule has 0 aliphatic carbocycles. The highest BCUT2D eigenvalue weighted by molar-refractivity contribution is 7.12. The number of benzene rings is 2. The lowest BCUT2D eigenvalue weighted by Gasteiger charge is -2.42. The SMILES string of the molecule is CC1(C)C[C@H](Cc2ccccc2)N(c2ccccc2)N=C1c1cccs1. The first-order valence-corrected chi connectivity index (χ1v) is 10.0. The van der Waals surface area contributed by atoms with Gasteiger partial charge >= 0.3 is 0 Å². The van der Waals surface area contributed by atoms with Crippen molar-refractivity contribution in [3.05, 3.63) is 88.6 Å². The summed E-state index contributed by atoms with van der Waals surface area (Å²) in [5, 5.41) is 9.56. The summed E-state index contributed by atoms with van der Waals surface area (Å²) in [6.45, 7) is 4.65. The summed E-state index contributed by atoms with van der Waals surface area (Å²) in [6, 6.07) is 26.0. The molecule has 3 heteroatoms. The lowest BCUT2D eigenvalue weighted by Crippen LogP contribution is -2.45. The minimum atomic E-state index is 0.0512. The van der Waals surface area contributed by atoms with Crippen LogP contribution in [0.25, 0.3) is 0 Å². The van der Waals surface area contributed by atoms with Crippen molar-refractivity contribution in [1.82, 2.24) is 0 Å². The van der Waals surface area contributed by atoms with Gasteiger partial charge in [-0.2, -0.15) is 5.10 Å². The summed E-state index contributed by atoms with van der Waals surface area (Å²) in [4.78, 5) is 1.27. The highest BCUT2D eigenvalue weighted by Crippen LogP contribution is 2.38. The van der Waals surface area contributed by atoms with Gasteiger partial charge in [-0.15, -0.1) is 11.3 Å². The van der Waals surface area contributed by atoms with Gasteiger partial charge in [0.1, 0.15) is 0 Å². The molecule has 4 rings (SSSR count). The summed E-state index contributed by atoms with van der Waals surface area (Å²) >= 11 is 1.78. The van der Waals surface area contributed by atoms with Crippen molar-refractivity contribution < 1.29 is 0 Å². The maximum atomic E-state index is 5.19. The summed E-state index contributed by atoms with van der Waals surface area (Å²) < 4.78 is 0. The van der Waals surface area contributed by atoms with Crippen LogP contribution in [0.4, 0.5) is 5.69 Å². The molecule has 3 aromatic rings. The molecule has 0 saturated heterocycles. The van der Waals surface area contributed by atoms with Gasteiger partial charge in [-0.1, -0.05) is 68.4 Å². The van der Waals surface area contributed by atoms with Gasteiger partial charge in [-0.05, 0) is 42.0 Å². The minimum Gasteiger partial charge on any atom is -0.262 e. The van der Waals surface area contributed by atoms with Gasteiger partial charge in [0.2, 0.25) is 0 Å². The molecule has 0 fully saturated rings. The molecule has 1 atom stereocenters. The zero-order valence-electron chi connectivity index (χ0n) is 15.3. The van der Waals surface area contributed by atoms with E-state index in [1.807, 2.05) is 0 Å². The molecule has 132 valence electrons. The molecule has 0 spiro atoms. The number of anilines is 1. The molecule has 0 unspecified atom stereocenters. The van der Waals surface area contributed by atoms with Crippen LogP contribution in [-0.4, -0.2) is 11.8 Å². The summed E-state index contributed by atoms with van der Waals surface area (Å²) in [7, 11) is 0. The Labute approximate surface area is 159 Å². The van der Waals surface area contributed by atoms with E-state index in [4.69, 9.17) is 5.10 Å². The number of hydrogen-bond acceptors (Lipinski definition) is 3. The Kier molecular flexibility index (Phi) is 4.64. The Morgan fingerprint density at radius 3 is 2.31 bits per heavy atom. The Bertz CT molecular complexity index is 867. The molecule has 2 heterocycles. The van der Waals surface area contributed by atoms with Crippen LogP contribution in [0, 0.1) is 5.41 Å². The largest absolute Gasteiger partial charge is 0.262 e. The highest BCUT2D eigenvalue weighted by Gasteiger charge is 2.38. The number of nitrogens with zero attached hydrogens (tertiary/aromatic N) is 2. The average Bonchev–Trinajstić information content (AvgIpc) is 3.17. The molecule has 0 bridgehead atoms. The van der Waals surface area contributed by atoms with Gasteiger partial charge in [0.25, 0.3) is 0 Å². The number of rotatable bonds is 4. The monoisotopic (exact) mass is 360 g/mol. The van der Waals surface area contributed by atoms with Crippen molar-refractivity contribution in [1.29, 1.82) is 0 Å². The van der Waals surface area contributed by atoms with Gasteiger partial charge in [0.15, 0.2) is 0 Å². The minimum absolute atomic E-state index is 0.0512. The molecule has 1 aliphatic heterocycles. The van der Waals surface area contributed by atoms with E-state index in [9.17, 15) is 0 Å². The number of hydrazone groups is 1. The first-order chi connectivity index (χ1) is 12.6. The zero-order chi connectivity index (χ0) is 18.0. The average molecular weight is 361 g/mol. The van der Waals surface area contributed by atoms with Gasteiger partial charge < -0.3 is 0 Å². The molecule has 0 radical (unpaired) electrons. The molecule has 0 N–H and O–H groups in total. The lowest BCUT2D eigenvalue weighted by atomic mass is 9.77. The van der Waals surface area contributed by atoms with E-state index in [0.29, 0.717) is 6.04 Å². The van der Waals surface area contributed by atoms with Crippen LogP contribution in [0.2, 0.25) is 0 Å². The summed E-state index contributed by atoms with van der Waals surface area (Å²) in [6.07, 6.45) is 2.08. The predicted molar refractivity (Wildman–Crippen MR) is 112 cm³/mol. The van der Waals surface area contributed by atoms with E-state index in [1.165, 1.54) is 16.2 Å². The summed E-state index contributed by atoms with van der Waals surface area (Å²) in [5.74, 6) is 0. The first-order valence-electron chi connectivity index (χ1n) is 9.15. The lowest BCUT2D eigenvalue weighted by molar-refractivity contribution is 0.376. The van der Waals surface area contributed by atoms with Crippen LogP contribution in [0.1, 0.15) is 30.7 Å². The van der Waals surface area contributed by atoms with E-state index in [-0.39, 0.29) is 5.41 Å². The van der Waals surface area contributed by atoms with Crippen molar-refractivity contribution in [2.24, 2.45) is 10.5 Å². The molecule has 0 saturated carbocycles. The van der Waals surface area contributed by atoms with E-state index < -0.39 is 0 Å². The standard InChI is InChI=1S/C23H24N2S/c1-23(2)17-20(16-18-10-5-3-6-11-18)25(19-12-7-4-8-13-19)24-22(23)21-14-9-15-26-21/h3-15,20H,16-17H2,1-2H3/t20-/m0/s1. The van der Waals surface area contributed by atoms with E-state index in [2.05, 4.69) is 97.0 Å². The van der Waals surface area contributed by atoms with Crippen LogP contribution < -0.4 is 5.01 Å². The Balaban J connectivity index is 1.76. The summed E-state index contributed by atoms with van der Waals surface area (Å²) in [5.41, 5.74) is 3.78. The van der Waals surface area contributed by atoms with Crippen molar-refractivity contribution in [3.63, 3.8) is 0 Å². The molecule has 2 aromatic carbocycles. The third kappa shape index (κ3) is 3.45. The van der Waals surface area contributed by atoms with Gasteiger partial charge in [-0.3, -0.25) is 5.01 Å². The molecule has 26 heavy (non-hydrogen) atoms. The fourth-order valence-corrected chi connectivity index (χ4v) is 4.68. The van der Waals surface area contributed by atoms with Crippen molar-refractivity contribution in [2.45, 2.75) is 32.7 Å². The Hall–Kier alpha value is -2.39. The van der Waals surface area contributed by atoms with Crippen molar-refractivity contribution in [2.75, 3.05) is 5.01 Å². The Morgan fingerprint density at radius 2 is 1.65 bits per heavy atom. The smallest absolute Gasteiger partial charge is 0.0838 e. The maximum absolute atomic E-state index is 5.19. The number of hydrogen-bond donors (Lipinski definition) is 0. The van der Waals surface area contributed by atoms with Crippen molar-refractivity contribution in [3.8, 4) is 0 Å².